The number of hydrogen-bond acceptors (Lipinski definition) is 3. The lowest BCUT2D eigenvalue weighted by molar-refractivity contribution is 0.601. The van der Waals surface area contributed by atoms with Gasteiger partial charge in [-0.3, -0.25) is 8.93 Å². The molecule has 2 aromatic carbocycles. The highest BCUT2D eigenvalue weighted by Crippen LogP contribution is 2.21. The average molecular weight is 337 g/mol. The molecule has 0 fully saturated rings. The van der Waals surface area contributed by atoms with E-state index in [4.69, 9.17) is 0 Å². The zero-order valence-corrected chi connectivity index (χ0v) is 14.4. The Labute approximate surface area is 134 Å². The first-order valence-corrected chi connectivity index (χ1v) is 9.90. The van der Waals surface area contributed by atoms with E-state index in [0.717, 1.165) is 5.56 Å². The summed E-state index contributed by atoms with van der Waals surface area (Å²) in [4.78, 5) is 0.787. The topological polar surface area (TPSA) is 63.2 Å². The van der Waals surface area contributed by atoms with Crippen molar-refractivity contribution in [1.82, 2.24) is 0 Å². The Bertz CT molecular complexity index is 781. The van der Waals surface area contributed by atoms with Gasteiger partial charge in [0.05, 0.1) is 10.6 Å². The van der Waals surface area contributed by atoms with Crippen molar-refractivity contribution >= 4 is 26.5 Å². The zero-order chi connectivity index (χ0) is 16.3. The minimum absolute atomic E-state index is 0.208. The van der Waals surface area contributed by atoms with Crippen molar-refractivity contribution in [3.63, 3.8) is 0 Å². The molecule has 2 rings (SSSR count). The van der Waals surface area contributed by atoms with Crippen molar-refractivity contribution in [3.8, 4) is 0 Å². The smallest absolute Gasteiger partial charge is 0.261 e. The molecule has 0 bridgehead atoms. The van der Waals surface area contributed by atoms with Crippen LogP contribution in [0.3, 0.4) is 0 Å². The minimum Gasteiger partial charge on any atom is -0.280 e. The molecule has 0 heterocycles. The number of hydrogen-bond donors (Lipinski definition) is 1. The molecule has 118 valence electrons. The second-order valence-electron chi connectivity index (χ2n) is 5.31. The summed E-state index contributed by atoms with van der Waals surface area (Å²) in [7, 11) is -4.80. The van der Waals surface area contributed by atoms with Crippen molar-refractivity contribution in [2.24, 2.45) is 0 Å². The van der Waals surface area contributed by atoms with E-state index < -0.39 is 20.8 Å². The van der Waals surface area contributed by atoms with Crippen molar-refractivity contribution in [1.29, 1.82) is 0 Å². The fourth-order valence-electron chi connectivity index (χ4n) is 1.98. The third kappa shape index (κ3) is 3.96. The molecule has 0 saturated carbocycles. The molecule has 0 aliphatic heterocycles. The van der Waals surface area contributed by atoms with Gasteiger partial charge in [0.25, 0.3) is 10.0 Å². The van der Waals surface area contributed by atoms with E-state index in [-0.39, 0.29) is 4.90 Å². The van der Waals surface area contributed by atoms with Crippen molar-refractivity contribution < 1.29 is 12.6 Å². The highest BCUT2D eigenvalue weighted by atomic mass is 32.2. The van der Waals surface area contributed by atoms with Gasteiger partial charge in [-0.1, -0.05) is 32.0 Å². The van der Waals surface area contributed by atoms with Gasteiger partial charge in [0, 0.05) is 22.0 Å². The Hall–Kier alpha value is -1.66. The molecule has 4 nitrogen and oxygen atoms in total. The molecular weight excluding hydrogens is 318 g/mol. The maximum Gasteiger partial charge on any atom is 0.261 e. The SMILES string of the molecule is CC(C)c1ccc(S(=O)(=O)Nc2cccc([S@](C)=O)c2)cc1. The molecule has 0 aliphatic carbocycles. The van der Waals surface area contributed by atoms with E-state index in [0.29, 0.717) is 16.5 Å². The molecule has 1 N–H and O–H groups in total. The summed E-state index contributed by atoms with van der Waals surface area (Å²) in [5.41, 5.74) is 1.49. The number of anilines is 1. The van der Waals surface area contributed by atoms with Crippen LogP contribution < -0.4 is 4.72 Å². The predicted octanol–water partition coefficient (Wildman–Crippen LogP) is 3.35. The van der Waals surface area contributed by atoms with Crippen LogP contribution in [-0.2, 0) is 20.8 Å². The summed E-state index contributed by atoms with van der Waals surface area (Å²) in [6, 6.07) is 13.4. The number of nitrogens with one attached hydrogen (secondary N) is 1. The maximum atomic E-state index is 12.4. The Balaban J connectivity index is 2.27. The molecule has 0 aliphatic rings. The summed E-state index contributed by atoms with van der Waals surface area (Å²) < 4.78 is 38.7. The van der Waals surface area contributed by atoms with Gasteiger partial charge in [-0.25, -0.2) is 8.42 Å². The molecule has 2 aromatic rings. The van der Waals surface area contributed by atoms with Gasteiger partial charge in [-0.15, -0.1) is 0 Å². The molecule has 0 spiro atoms. The molecule has 1 atom stereocenters. The number of benzene rings is 2. The van der Waals surface area contributed by atoms with Crippen LogP contribution in [0.1, 0.15) is 25.3 Å². The highest BCUT2D eigenvalue weighted by molar-refractivity contribution is 7.92. The second kappa shape index (κ2) is 6.62. The van der Waals surface area contributed by atoms with Crippen LogP contribution in [0.2, 0.25) is 0 Å². The van der Waals surface area contributed by atoms with E-state index in [1.807, 2.05) is 12.1 Å². The number of rotatable bonds is 5. The highest BCUT2D eigenvalue weighted by Gasteiger charge is 2.15. The third-order valence-electron chi connectivity index (χ3n) is 3.28. The first kappa shape index (κ1) is 16.7. The lowest BCUT2D eigenvalue weighted by Gasteiger charge is -2.10. The molecular formula is C16H19NO3S2. The summed E-state index contributed by atoms with van der Waals surface area (Å²) >= 11 is 0. The summed E-state index contributed by atoms with van der Waals surface area (Å²) in [6.07, 6.45) is 1.55. The quantitative estimate of drug-likeness (QED) is 0.910. The monoisotopic (exact) mass is 337 g/mol. The molecule has 0 aromatic heterocycles. The first-order valence-electron chi connectivity index (χ1n) is 6.86. The molecule has 0 radical (unpaired) electrons. The van der Waals surface area contributed by atoms with Crippen LogP contribution in [0.4, 0.5) is 5.69 Å². The van der Waals surface area contributed by atoms with E-state index in [9.17, 15) is 12.6 Å². The Kier molecular flexibility index (Phi) is 5.03. The van der Waals surface area contributed by atoms with Gasteiger partial charge in [-0.2, -0.15) is 0 Å². The molecule has 0 saturated heterocycles. The van der Waals surface area contributed by atoms with Gasteiger partial charge in [-0.05, 0) is 41.8 Å². The number of sulfonamides is 1. The van der Waals surface area contributed by atoms with Crippen molar-refractivity contribution in [3.05, 3.63) is 54.1 Å². The summed E-state index contributed by atoms with van der Waals surface area (Å²) in [6.45, 7) is 4.11. The van der Waals surface area contributed by atoms with Gasteiger partial charge >= 0.3 is 0 Å². The van der Waals surface area contributed by atoms with Crippen molar-refractivity contribution in [2.45, 2.75) is 29.6 Å². The Morgan fingerprint density at radius 3 is 2.23 bits per heavy atom. The Morgan fingerprint density at radius 1 is 1.05 bits per heavy atom. The van der Waals surface area contributed by atoms with E-state index in [2.05, 4.69) is 18.6 Å². The zero-order valence-electron chi connectivity index (χ0n) is 12.7. The standard InChI is InChI=1S/C16H19NO3S2/c1-12(2)13-7-9-16(10-8-13)22(19,20)17-14-5-4-6-15(11-14)21(3)18/h4-12,17H,1-3H3/t21-/m0/s1. The van der Waals surface area contributed by atoms with E-state index >= 15 is 0 Å². The average Bonchev–Trinajstić information content (AvgIpc) is 2.47. The van der Waals surface area contributed by atoms with Crippen LogP contribution in [0.15, 0.2) is 58.3 Å². The molecule has 0 unspecified atom stereocenters. The van der Waals surface area contributed by atoms with Gasteiger partial charge in [0.1, 0.15) is 0 Å². The molecule has 0 amide bonds. The van der Waals surface area contributed by atoms with Gasteiger partial charge in [0.15, 0.2) is 0 Å². The van der Waals surface area contributed by atoms with E-state index in [1.54, 1.807) is 42.7 Å². The fourth-order valence-corrected chi connectivity index (χ4v) is 3.60. The fraction of sp³-hybridized carbons (Fsp3) is 0.250. The van der Waals surface area contributed by atoms with Gasteiger partial charge < -0.3 is 0 Å². The van der Waals surface area contributed by atoms with Crippen molar-refractivity contribution in [2.75, 3.05) is 11.0 Å². The lowest BCUT2D eigenvalue weighted by atomic mass is 10.0. The summed E-state index contributed by atoms with van der Waals surface area (Å²) in [5.74, 6) is 0.348. The normalized spacial score (nSPS) is 13.1. The first-order chi connectivity index (χ1) is 10.3. The van der Waals surface area contributed by atoms with Gasteiger partial charge in [0.2, 0.25) is 0 Å². The van der Waals surface area contributed by atoms with Crippen LogP contribution in [0.25, 0.3) is 0 Å². The predicted molar refractivity (Wildman–Crippen MR) is 90.1 cm³/mol. The summed E-state index contributed by atoms with van der Waals surface area (Å²) in [5, 5.41) is 0. The van der Waals surface area contributed by atoms with Crippen LogP contribution >= 0.6 is 0 Å². The van der Waals surface area contributed by atoms with Crippen LogP contribution in [-0.4, -0.2) is 18.9 Å². The van der Waals surface area contributed by atoms with Crippen LogP contribution in [0, 0.1) is 0 Å². The van der Waals surface area contributed by atoms with Crippen LogP contribution in [0.5, 0.6) is 0 Å². The largest absolute Gasteiger partial charge is 0.280 e. The molecule has 6 heteroatoms. The minimum atomic E-state index is -3.65. The lowest BCUT2D eigenvalue weighted by Crippen LogP contribution is -2.13. The Morgan fingerprint density at radius 2 is 1.68 bits per heavy atom. The molecule has 22 heavy (non-hydrogen) atoms. The third-order valence-corrected chi connectivity index (χ3v) is 5.59. The van der Waals surface area contributed by atoms with E-state index in [1.165, 1.54) is 0 Å². The maximum absolute atomic E-state index is 12.4. The second-order valence-corrected chi connectivity index (χ2v) is 8.37.